The summed E-state index contributed by atoms with van der Waals surface area (Å²) in [5.74, 6) is -0.915. The van der Waals surface area contributed by atoms with E-state index < -0.39 is 5.97 Å². The molecule has 0 spiro atoms. The molecule has 0 unspecified atom stereocenters. The lowest BCUT2D eigenvalue weighted by Crippen LogP contribution is -2.17. The van der Waals surface area contributed by atoms with Crippen molar-refractivity contribution < 1.29 is 9.90 Å². The van der Waals surface area contributed by atoms with Crippen molar-refractivity contribution >= 4 is 17.0 Å². The van der Waals surface area contributed by atoms with Gasteiger partial charge in [-0.3, -0.25) is 4.90 Å². The minimum absolute atomic E-state index is 0.604. The third kappa shape index (κ3) is 3.18. The van der Waals surface area contributed by atoms with Crippen LogP contribution in [-0.2, 0) is 11.3 Å². The van der Waals surface area contributed by atoms with Gasteiger partial charge in [0.25, 0.3) is 0 Å². The van der Waals surface area contributed by atoms with E-state index in [4.69, 9.17) is 5.11 Å². The van der Waals surface area contributed by atoms with Crippen LogP contribution in [-0.4, -0.2) is 39.5 Å². The van der Waals surface area contributed by atoms with Crippen molar-refractivity contribution in [2.45, 2.75) is 6.54 Å². The number of likely N-dealkylation sites (N-methyl/N-ethyl adjacent to an activating group) is 1. The number of aromatic amines is 1. The molecule has 0 atom stereocenters. The molecule has 94 valence electrons. The molecule has 18 heavy (non-hydrogen) atoms. The molecule has 1 aromatic heterocycles. The number of hydrogen-bond donors (Lipinski definition) is 2. The van der Waals surface area contributed by atoms with Crippen LogP contribution in [0.3, 0.4) is 0 Å². The number of carbonyl (C=O) groups is 1. The van der Waals surface area contributed by atoms with Crippen molar-refractivity contribution in [3.05, 3.63) is 42.2 Å². The molecule has 0 radical (unpaired) electrons. The molecular weight excluding hydrogens is 230 g/mol. The predicted octanol–water partition coefficient (Wildman–Crippen LogP) is 1.64. The minimum Gasteiger partial charge on any atom is -0.478 e. The Morgan fingerprint density at radius 3 is 3.17 bits per heavy atom. The van der Waals surface area contributed by atoms with Crippen molar-refractivity contribution in [2.24, 2.45) is 0 Å². The van der Waals surface area contributed by atoms with Crippen molar-refractivity contribution in [2.75, 3.05) is 13.6 Å². The lowest BCUT2D eigenvalue weighted by molar-refractivity contribution is -0.131. The number of nitrogens with zero attached hydrogens (tertiary/aromatic N) is 2. The van der Waals surface area contributed by atoms with Crippen molar-refractivity contribution in [1.29, 1.82) is 0 Å². The number of benzene rings is 1. The Balaban J connectivity index is 1.97. The van der Waals surface area contributed by atoms with E-state index in [9.17, 15) is 4.79 Å². The molecule has 0 amide bonds. The molecule has 2 N–H and O–H groups in total. The number of nitrogens with one attached hydrogen (secondary N) is 1. The Kier molecular flexibility index (Phi) is 3.74. The lowest BCUT2D eigenvalue weighted by Gasteiger charge is -2.14. The predicted molar refractivity (Wildman–Crippen MR) is 69.2 cm³/mol. The number of aromatic nitrogens is 2. The van der Waals surface area contributed by atoms with Crippen LogP contribution in [0.5, 0.6) is 0 Å². The summed E-state index contributed by atoms with van der Waals surface area (Å²) >= 11 is 0. The standard InChI is InChI=1S/C13H15N3O2/c1-16(6-2-3-13(17)18)8-10-4-5-11-12(7-10)15-9-14-11/h2-5,7,9H,6,8H2,1H3,(H,14,15)(H,17,18)/b3-2+. The molecule has 0 saturated heterocycles. The summed E-state index contributed by atoms with van der Waals surface area (Å²) in [6.45, 7) is 1.37. The van der Waals surface area contributed by atoms with Crippen LogP contribution >= 0.6 is 0 Å². The molecule has 0 bridgehead atoms. The molecule has 0 aliphatic rings. The molecule has 2 aromatic rings. The van der Waals surface area contributed by atoms with Gasteiger partial charge in [-0.15, -0.1) is 0 Å². The van der Waals surface area contributed by atoms with Gasteiger partial charge in [0.15, 0.2) is 0 Å². The van der Waals surface area contributed by atoms with Gasteiger partial charge in [0.05, 0.1) is 17.4 Å². The zero-order chi connectivity index (χ0) is 13.0. The molecule has 5 nitrogen and oxygen atoms in total. The van der Waals surface area contributed by atoms with Crippen molar-refractivity contribution in [3.8, 4) is 0 Å². The summed E-state index contributed by atoms with van der Waals surface area (Å²) in [4.78, 5) is 19.6. The van der Waals surface area contributed by atoms with Crippen LogP contribution in [0.4, 0.5) is 0 Å². The Hall–Kier alpha value is -2.14. The molecule has 1 heterocycles. The first kappa shape index (κ1) is 12.3. The highest BCUT2D eigenvalue weighted by Crippen LogP contribution is 2.12. The van der Waals surface area contributed by atoms with Gasteiger partial charge in [-0.1, -0.05) is 12.1 Å². The fourth-order valence-corrected chi connectivity index (χ4v) is 1.79. The molecule has 0 fully saturated rings. The quantitative estimate of drug-likeness (QED) is 0.786. The fraction of sp³-hybridized carbons (Fsp3) is 0.231. The average Bonchev–Trinajstić information content (AvgIpc) is 2.75. The van der Waals surface area contributed by atoms with E-state index in [2.05, 4.69) is 16.0 Å². The highest BCUT2D eigenvalue weighted by atomic mass is 16.4. The van der Waals surface area contributed by atoms with E-state index in [0.29, 0.717) is 6.54 Å². The van der Waals surface area contributed by atoms with E-state index >= 15 is 0 Å². The Labute approximate surface area is 105 Å². The monoisotopic (exact) mass is 245 g/mol. The highest BCUT2D eigenvalue weighted by Gasteiger charge is 2.01. The topological polar surface area (TPSA) is 69.2 Å². The fourth-order valence-electron chi connectivity index (χ4n) is 1.79. The molecule has 0 aliphatic carbocycles. The van der Waals surface area contributed by atoms with Crippen LogP contribution in [0.15, 0.2) is 36.7 Å². The number of carboxylic acids is 1. The van der Waals surface area contributed by atoms with Gasteiger partial charge in [0, 0.05) is 19.2 Å². The second-order valence-corrected chi connectivity index (χ2v) is 4.19. The largest absolute Gasteiger partial charge is 0.478 e. The first-order valence-corrected chi connectivity index (χ1v) is 5.65. The van der Waals surface area contributed by atoms with Gasteiger partial charge in [-0.25, -0.2) is 9.78 Å². The number of hydrogen-bond acceptors (Lipinski definition) is 3. The van der Waals surface area contributed by atoms with Crippen LogP contribution in [0, 0.1) is 0 Å². The second kappa shape index (κ2) is 5.46. The molecular formula is C13H15N3O2. The van der Waals surface area contributed by atoms with Crippen LogP contribution in [0.2, 0.25) is 0 Å². The van der Waals surface area contributed by atoms with Gasteiger partial charge < -0.3 is 10.1 Å². The Morgan fingerprint density at radius 1 is 1.56 bits per heavy atom. The molecule has 0 saturated carbocycles. The second-order valence-electron chi connectivity index (χ2n) is 4.19. The summed E-state index contributed by atoms with van der Waals surface area (Å²) in [7, 11) is 1.95. The number of carboxylic acid groups (broad SMARTS) is 1. The molecule has 1 aromatic carbocycles. The van der Waals surface area contributed by atoms with E-state index in [1.165, 1.54) is 0 Å². The van der Waals surface area contributed by atoms with E-state index in [-0.39, 0.29) is 0 Å². The Bertz CT molecular complexity index is 574. The summed E-state index contributed by atoms with van der Waals surface area (Å²) in [6.07, 6.45) is 4.47. The minimum atomic E-state index is -0.915. The van der Waals surface area contributed by atoms with Crippen LogP contribution < -0.4 is 0 Å². The first-order valence-electron chi connectivity index (χ1n) is 5.65. The summed E-state index contributed by atoms with van der Waals surface area (Å²) < 4.78 is 0. The van der Waals surface area contributed by atoms with Crippen molar-refractivity contribution in [3.63, 3.8) is 0 Å². The number of imidazole rings is 1. The van der Waals surface area contributed by atoms with Gasteiger partial charge in [-0.05, 0) is 24.7 Å². The number of fused-ring (bicyclic) bond motifs is 1. The van der Waals surface area contributed by atoms with Crippen molar-refractivity contribution in [1.82, 2.24) is 14.9 Å². The normalized spacial score (nSPS) is 11.7. The smallest absolute Gasteiger partial charge is 0.328 e. The number of aliphatic carboxylic acids is 1. The van der Waals surface area contributed by atoms with Gasteiger partial charge in [-0.2, -0.15) is 0 Å². The maximum absolute atomic E-state index is 10.3. The molecule has 2 rings (SSSR count). The summed E-state index contributed by atoms with van der Waals surface area (Å²) in [5.41, 5.74) is 3.13. The maximum atomic E-state index is 10.3. The summed E-state index contributed by atoms with van der Waals surface area (Å²) in [5, 5.41) is 8.49. The van der Waals surface area contributed by atoms with Gasteiger partial charge in [0.1, 0.15) is 0 Å². The average molecular weight is 245 g/mol. The maximum Gasteiger partial charge on any atom is 0.328 e. The van der Waals surface area contributed by atoms with E-state index in [1.54, 1.807) is 12.4 Å². The number of H-pyrrole nitrogens is 1. The zero-order valence-electron chi connectivity index (χ0n) is 10.1. The summed E-state index contributed by atoms with van der Waals surface area (Å²) in [6, 6.07) is 6.06. The SMILES string of the molecule is CN(C/C=C/C(=O)O)Cc1ccc2nc[nH]c2c1. The lowest BCUT2D eigenvalue weighted by atomic mass is 10.2. The van der Waals surface area contributed by atoms with Gasteiger partial charge in [0.2, 0.25) is 0 Å². The van der Waals surface area contributed by atoms with Crippen LogP contribution in [0.25, 0.3) is 11.0 Å². The number of rotatable bonds is 5. The zero-order valence-corrected chi connectivity index (χ0v) is 10.1. The molecule has 5 heteroatoms. The van der Waals surface area contributed by atoms with E-state index in [0.717, 1.165) is 29.2 Å². The first-order chi connectivity index (χ1) is 8.65. The Morgan fingerprint density at radius 2 is 2.39 bits per heavy atom. The third-order valence-electron chi connectivity index (χ3n) is 2.61. The highest BCUT2D eigenvalue weighted by molar-refractivity contribution is 5.79. The van der Waals surface area contributed by atoms with E-state index in [1.807, 2.05) is 24.1 Å². The van der Waals surface area contributed by atoms with Crippen LogP contribution in [0.1, 0.15) is 5.56 Å². The third-order valence-corrected chi connectivity index (χ3v) is 2.61. The molecule has 0 aliphatic heterocycles. The van der Waals surface area contributed by atoms with Gasteiger partial charge >= 0.3 is 5.97 Å².